The number of hydrogen-bond acceptors (Lipinski definition) is 3. The first-order valence-corrected chi connectivity index (χ1v) is 7.47. The van der Waals surface area contributed by atoms with Gasteiger partial charge in [0.1, 0.15) is 0 Å². The largest absolute Gasteiger partial charge is 0.329 e. The van der Waals surface area contributed by atoms with Crippen LogP contribution in [0.1, 0.15) is 25.7 Å². The molecule has 0 aromatic rings. The van der Waals surface area contributed by atoms with Crippen LogP contribution >= 0.6 is 0 Å². The summed E-state index contributed by atoms with van der Waals surface area (Å²) >= 11 is 0. The molecule has 0 aromatic heterocycles. The molecule has 2 N–H and O–H groups in total. The van der Waals surface area contributed by atoms with Crippen molar-refractivity contribution in [1.29, 1.82) is 0 Å². The highest BCUT2D eigenvalue weighted by Gasteiger charge is 2.33. The third-order valence-electron chi connectivity index (χ3n) is 3.18. The van der Waals surface area contributed by atoms with Gasteiger partial charge in [-0.1, -0.05) is 12.5 Å². The van der Waals surface area contributed by atoms with Gasteiger partial charge in [-0.25, -0.2) is 0 Å². The molecule has 1 heterocycles. The predicted octanol–water partition coefficient (Wildman–Crippen LogP) is 0.552. The van der Waals surface area contributed by atoms with Gasteiger partial charge < -0.3 is 5.73 Å². The molecular weight excluding hydrogens is 238 g/mol. The van der Waals surface area contributed by atoms with Gasteiger partial charge in [0.05, 0.1) is 0 Å². The maximum absolute atomic E-state index is 12.3. The minimum Gasteiger partial charge on any atom is -0.329 e. The van der Waals surface area contributed by atoms with Crippen molar-refractivity contribution in [2.45, 2.75) is 31.7 Å². The van der Waals surface area contributed by atoms with E-state index in [-0.39, 0.29) is 6.04 Å². The molecule has 0 amide bonds. The number of nitrogens with two attached hydrogens (primary N) is 1. The standard InChI is InChI=1S/C11H23N3O2S/c1-3-4-8-13(2)17(15,16)14-9-6-5-7-11(14)10-12/h3,11H,1,4-10,12H2,2H3. The molecule has 17 heavy (non-hydrogen) atoms. The fourth-order valence-corrected chi connectivity index (χ4v) is 3.70. The van der Waals surface area contributed by atoms with E-state index in [1.54, 1.807) is 17.4 Å². The van der Waals surface area contributed by atoms with Crippen molar-refractivity contribution in [2.75, 3.05) is 26.7 Å². The summed E-state index contributed by atoms with van der Waals surface area (Å²) in [5.74, 6) is 0. The van der Waals surface area contributed by atoms with Gasteiger partial charge in [-0.15, -0.1) is 6.58 Å². The molecule has 1 fully saturated rings. The molecule has 0 aromatic carbocycles. The van der Waals surface area contributed by atoms with Crippen LogP contribution in [0.15, 0.2) is 12.7 Å². The topological polar surface area (TPSA) is 66.6 Å². The van der Waals surface area contributed by atoms with E-state index in [9.17, 15) is 8.42 Å². The van der Waals surface area contributed by atoms with E-state index in [1.165, 1.54) is 4.31 Å². The smallest absolute Gasteiger partial charge is 0.282 e. The van der Waals surface area contributed by atoms with E-state index in [0.29, 0.717) is 26.1 Å². The minimum atomic E-state index is -3.36. The summed E-state index contributed by atoms with van der Waals surface area (Å²) in [5, 5.41) is 0. The summed E-state index contributed by atoms with van der Waals surface area (Å²) in [6, 6.07) is -0.0417. The molecule has 0 bridgehead atoms. The fourth-order valence-electron chi connectivity index (χ4n) is 2.08. The second-order valence-corrected chi connectivity index (χ2v) is 6.39. The van der Waals surface area contributed by atoms with Crippen LogP contribution in [0.5, 0.6) is 0 Å². The molecule has 0 radical (unpaired) electrons. The first kappa shape index (κ1) is 14.6. The van der Waals surface area contributed by atoms with E-state index in [0.717, 1.165) is 19.3 Å². The summed E-state index contributed by atoms with van der Waals surface area (Å²) in [6.45, 7) is 5.06. The summed E-state index contributed by atoms with van der Waals surface area (Å²) < 4.78 is 27.6. The van der Waals surface area contributed by atoms with Crippen LogP contribution in [-0.4, -0.2) is 49.8 Å². The van der Waals surface area contributed by atoms with E-state index >= 15 is 0 Å². The summed E-state index contributed by atoms with van der Waals surface area (Å²) in [7, 11) is -1.74. The molecule has 1 saturated heterocycles. The van der Waals surface area contributed by atoms with Gasteiger partial charge in [0.2, 0.25) is 0 Å². The van der Waals surface area contributed by atoms with Crippen LogP contribution in [0.2, 0.25) is 0 Å². The van der Waals surface area contributed by atoms with Crippen LogP contribution < -0.4 is 5.73 Å². The van der Waals surface area contributed by atoms with Crippen LogP contribution in [0, 0.1) is 0 Å². The second kappa shape index (κ2) is 6.49. The van der Waals surface area contributed by atoms with Crippen molar-refractivity contribution in [1.82, 2.24) is 8.61 Å². The molecule has 6 heteroatoms. The Balaban J connectivity index is 2.76. The average Bonchev–Trinajstić information content (AvgIpc) is 2.35. The molecule has 0 saturated carbocycles. The van der Waals surface area contributed by atoms with Gasteiger partial charge in [0, 0.05) is 32.7 Å². The molecule has 100 valence electrons. The zero-order valence-corrected chi connectivity index (χ0v) is 11.3. The molecule has 5 nitrogen and oxygen atoms in total. The molecule has 1 rings (SSSR count). The highest BCUT2D eigenvalue weighted by molar-refractivity contribution is 7.86. The third kappa shape index (κ3) is 3.51. The monoisotopic (exact) mass is 261 g/mol. The van der Waals surface area contributed by atoms with Gasteiger partial charge in [0.25, 0.3) is 10.2 Å². The minimum absolute atomic E-state index is 0.0417. The molecule has 1 atom stereocenters. The third-order valence-corrected chi connectivity index (χ3v) is 5.23. The van der Waals surface area contributed by atoms with Crippen molar-refractivity contribution in [3.8, 4) is 0 Å². The van der Waals surface area contributed by atoms with Crippen molar-refractivity contribution < 1.29 is 8.42 Å². The van der Waals surface area contributed by atoms with Gasteiger partial charge in [0.15, 0.2) is 0 Å². The van der Waals surface area contributed by atoms with Gasteiger partial charge >= 0.3 is 0 Å². The van der Waals surface area contributed by atoms with Crippen LogP contribution in [-0.2, 0) is 10.2 Å². The lowest BCUT2D eigenvalue weighted by Gasteiger charge is -2.36. The molecule has 0 spiro atoms. The molecule has 1 aliphatic heterocycles. The highest BCUT2D eigenvalue weighted by atomic mass is 32.2. The Morgan fingerprint density at radius 1 is 1.53 bits per heavy atom. The quantitative estimate of drug-likeness (QED) is 0.710. The van der Waals surface area contributed by atoms with E-state index in [1.807, 2.05) is 0 Å². The predicted molar refractivity (Wildman–Crippen MR) is 69.8 cm³/mol. The zero-order valence-electron chi connectivity index (χ0n) is 10.5. The lowest BCUT2D eigenvalue weighted by molar-refractivity contribution is 0.241. The van der Waals surface area contributed by atoms with Crippen molar-refractivity contribution in [3.05, 3.63) is 12.7 Å². The normalized spacial score (nSPS) is 22.9. The lowest BCUT2D eigenvalue weighted by Crippen LogP contribution is -2.52. The molecule has 0 aliphatic carbocycles. The van der Waals surface area contributed by atoms with E-state index in [2.05, 4.69) is 6.58 Å². The Bertz CT molecular complexity index is 343. The molecular formula is C11H23N3O2S. The van der Waals surface area contributed by atoms with Gasteiger partial charge in [-0.2, -0.15) is 17.0 Å². The van der Waals surface area contributed by atoms with Crippen LogP contribution in [0.3, 0.4) is 0 Å². The summed E-state index contributed by atoms with van der Waals surface area (Å²) in [6.07, 6.45) is 5.24. The Morgan fingerprint density at radius 2 is 2.24 bits per heavy atom. The Labute approximate surface area is 104 Å². The maximum Gasteiger partial charge on any atom is 0.282 e. The first-order chi connectivity index (χ1) is 8.04. The summed E-state index contributed by atoms with van der Waals surface area (Å²) in [5.41, 5.74) is 5.65. The van der Waals surface area contributed by atoms with Gasteiger partial charge in [-0.3, -0.25) is 0 Å². The average molecular weight is 261 g/mol. The lowest BCUT2D eigenvalue weighted by atomic mass is 10.1. The molecule has 1 unspecified atom stereocenters. The van der Waals surface area contributed by atoms with E-state index < -0.39 is 10.2 Å². The number of piperidine rings is 1. The Morgan fingerprint density at radius 3 is 2.82 bits per heavy atom. The van der Waals surface area contributed by atoms with E-state index in [4.69, 9.17) is 5.73 Å². The van der Waals surface area contributed by atoms with Crippen LogP contribution in [0.25, 0.3) is 0 Å². The first-order valence-electron chi connectivity index (χ1n) is 6.08. The highest BCUT2D eigenvalue weighted by Crippen LogP contribution is 2.21. The van der Waals surface area contributed by atoms with Crippen molar-refractivity contribution in [2.24, 2.45) is 5.73 Å². The fraction of sp³-hybridized carbons (Fsp3) is 0.818. The second-order valence-electron chi connectivity index (χ2n) is 4.40. The Kier molecular flexibility index (Phi) is 5.58. The SMILES string of the molecule is C=CCCN(C)S(=O)(=O)N1CCCCC1CN. The van der Waals surface area contributed by atoms with Gasteiger partial charge in [-0.05, 0) is 19.3 Å². The zero-order chi connectivity index (χ0) is 12.9. The molecule has 1 aliphatic rings. The van der Waals surface area contributed by atoms with Crippen LogP contribution in [0.4, 0.5) is 0 Å². The number of rotatable bonds is 6. The number of hydrogen-bond donors (Lipinski definition) is 1. The van der Waals surface area contributed by atoms with Crippen molar-refractivity contribution >= 4 is 10.2 Å². The number of nitrogens with zero attached hydrogens (tertiary/aromatic N) is 2. The van der Waals surface area contributed by atoms with Crippen molar-refractivity contribution in [3.63, 3.8) is 0 Å². The Hall–Kier alpha value is -0.430. The summed E-state index contributed by atoms with van der Waals surface area (Å²) in [4.78, 5) is 0. The maximum atomic E-state index is 12.3.